The summed E-state index contributed by atoms with van der Waals surface area (Å²) < 4.78 is 49.1. The van der Waals surface area contributed by atoms with Gasteiger partial charge in [-0.3, -0.25) is 0 Å². The summed E-state index contributed by atoms with van der Waals surface area (Å²) in [6.07, 6.45) is -4.51. The van der Waals surface area contributed by atoms with Crippen LogP contribution in [0.2, 0.25) is 0 Å². The van der Waals surface area contributed by atoms with Gasteiger partial charge in [0.05, 0.1) is 7.11 Å². The van der Waals surface area contributed by atoms with Gasteiger partial charge in [0.15, 0.2) is 0 Å². The van der Waals surface area contributed by atoms with E-state index in [9.17, 15) is 13.2 Å². The maximum absolute atomic E-state index is 13.0. The molecule has 0 unspecified atom stereocenters. The molecule has 2 aromatic rings. The molecule has 0 aromatic heterocycles. The lowest BCUT2D eigenvalue weighted by Gasteiger charge is -2.15. The summed E-state index contributed by atoms with van der Waals surface area (Å²) in [7, 11) is 1.32. The number of rotatable bonds is 3. The Balaban J connectivity index is 2.38. The minimum Gasteiger partial charge on any atom is -0.497 e. The molecule has 2 nitrogen and oxygen atoms in total. The van der Waals surface area contributed by atoms with Crippen molar-refractivity contribution in [1.29, 1.82) is 0 Å². The highest BCUT2D eigenvalue weighted by Gasteiger charge is 2.35. The number of methoxy groups -OCH3 is 1. The second-order valence-electron chi connectivity index (χ2n) is 4.27. The Morgan fingerprint density at radius 1 is 0.900 bits per heavy atom. The Labute approximate surface area is 114 Å². The number of alkyl halides is 3. The first kappa shape index (κ1) is 14.2. The van der Waals surface area contributed by atoms with Crippen molar-refractivity contribution < 1.29 is 22.6 Å². The smallest absolute Gasteiger partial charge is 0.420 e. The molecule has 0 aliphatic heterocycles. The molecule has 2 rings (SSSR count). The predicted octanol–water partition coefficient (Wildman–Crippen LogP) is 4.81. The van der Waals surface area contributed by atoms with Crippen LogP contribution in [-0.4, -0.2) is 7.11 Å². The van der Waals surface area contributed by atoms with Crippen LogP contribution in [0.25, 0.3) is 0 Å². The monoisotopic (exact) mass is 282 g/mol. The minimum absolute atomic E-state index is 0.133. The molecule has 0 saturated heterocycles. The molecule has 0 fully saturated rings. The van der Waals surface area contributed by atoms with E-state index in [0.717, 1.165) is 11.6 Å². The predicted molar refractivity (Wildman–Crippen MR) is 69.2 cm³/mol. The average Bonchev–Trinajstić information content (AvgIpc) is 2.40. The van der Waals surface area contributed by atoms with Crippen LogP contribution in [0.5, 0.6) is 17.2 Å². The fraction of sp³-hybridized carbons (Fsp3) is 0.200. The summed E-state index contributed by atoms with van der Waals surface area (Å²) in [4.78, 5) is 0. The Morgan fingerprint density at radius 2 is 1.50 bits per heavy atom. The van der Waals surface area contributed by atoms with Crippen LogP contribution in [0.3, 0.4) is 0 Å². The molecule has 0 bridgehead atoms. The van der Waals surface area contributed by atoms with E-state index >= 15 is 0 Å². The number of aryl methyl sites for hydroxylation is 1. The fourth-order valence-corrected chi connectivity index (χ4v) is 1.68. The molecule has 0 radical (unpaired) electrons. The van der Waals surface area contributed by atoms with Crippen LogP contribution in [0.15, 0.2) is 42.5 Å². The first-order valence-corrected chi connectivity index (χ1v) is 5.90. The van der Waals surface area contributed by atoms with Gasteiger partial charge >= 0.3 is 6.18 Å². The van der Waals surface area contributed by atoms with Crippen molar-refractivity contribution in [2.45, 2.75) is 13.1 Å². The van der Waals surface area contributed by atoms with E-state index < -0.39 is 11.7 Å². The number of hydrogen-bond donors (Lipinski definition) is 0. The molecular formula is C15H13F3O2. The van der Waals surface area contributed by atoms with Crippen molar-refractivity contribution in [3.8, 4) is 17.2 Å². The normalized spacial score (nSPS) is 11.2. The average molecular weight is 282 g/mol. The van der Waals surface area contributed by atoms with Crippen molar-refractivity contribution in [1.82, 2.24) is 0 Å². The number of halogens is 3. The van der Waals surface area contributed by atoms with Gasteiger partial charge in [-0.05, 0) is 37.3 Å². The van der Waals surface area contributed by atoms with Crippen LogP contribution < -0.4 is 9.47 Å². The zero-order valence-corrected chi connectivity index (χ0v) is 11.0. The Kier molecular flexibility index (Phi) is 3.88. The van der Waals surface area contributed by atoms with E-state index in [0.29, 0.717) is 5.75 Å². The molecule has 0 atom stereocenters. The third kappa shape index (κ3) is 3.23. The van der Waals surface area contributed by atoms with Crippen molar-refractivity contribution in [3.63, 3.8) is 0 Å². The lowest BCUT2D eigenvalue weighted by molar-refractivity contribution is -0.138. The highest BCUT2D eigenvalue weighted by atomic mass is 19.4. The number of ether oxygens (including phenoxy) is 2. The SMILES string of the molecule is COc1ccc(Oc2ccc(C)cc2)c(C(F)(F)F)c1. The lowest BCUT2D eigenvalue weighted by atomic mass is 10.1. The Bertz CT molecular complexity index is 589. The Morgan fingerprint density at radius 3 is 2.05 bits per heavy atom. The lowest BCUT2D eigenvalue weighted by Crippen LogP contribution is -2.07. The van der Waals surface area contributed by atoms with E-state index in [2.05, 4.69) is 0 Å². The molecule has 0 aliphatic rings. The van der Waals surface area contributed by atoms with Gasteiger partial charge in [-0.1, -0.05) is 17.7 Å². The molecule has 0 heterocycles. The van der Waals surface area contributed by atoms with Crippen molar-refractivity contribution in [2.75, 3.05) is 7.11 Å². The third-order valence-corrected chi connectivity index (χ3v) is 2.74. The summed E-state index contributed by atoms with van der Waals surface area (Å²) in [6, 6.07) is 10.4. The minimum atomic E-state index is -4.51. The summed E-state index contributed by atoms with van der Waals surface area (Å²) >= 11 is 0. The second-order valence-corrected chi connectivity index (χ2v) is 4.27. The highest BCUT2D eigenvalue weighted by molar-refractivity contribution is 5.44. The molecule has 0 spiro atoms. The second kappa shape index (κ2) is 5.45. The topological polar surface area (TPSA) is 18.5 Å². The fourth-order valence-electron chi connectivity index (χ4n) is 1.68. The molecular weight excluding hydrogens is 269 g/mol. The van der Waals surface area contributed by atoms with Crippen molar-refractivity contribution in [2.24, 2.45) is 0 Å². The van der Waals surface area contributed by atoms with E-state index in [1.54, 1.807) is 24.3 Å². The van der Waals surface area contributed by atoms with Crippen LogP contribution in [0.4, 0.5) is 13.2 Å². The molecule has 5 heteroatoms. The van der Waals surface area contributed by atoms with Crippen LogP contribution in [0, 0.1) is 6.92 Å². The van der Waals surface area contributed by atoms with E-state index in [1.165, 1.54) is 19.2 Å². The van der Waals surface area contributed by atoms with E-state index in [-0.39, 0.29) is 11.5 Å². The van der Waals surface area contributed by atoms with Gasteiger partial charge in [-0.15, -0.1) is 0 Å². The standard InChI is InChI=1S/C15H13F3O2/c1-10-3-5-11(6-4-10)20-14-8-7-12(19-2)9-13(14)15(16,17)18/h3-9H,1-2H3. The molecule has 0 amide bonds. The highest BCUT2D eigenvalue weighted by Crippen LogP contribution is 2.40. The van der Waals surface area contributed by atoms with Crippen LogP contribution >= 0.6 is 0 Å². The molecule has 20 heavy (non-hydrogen) atoms. The van der Waals surface area contributed by atoms with Crippen molar-refractivity contribution >= 4 is 0 Å². The van der Waals surface area contributed by atoms with E-state index in [4.69, 9.17) is 9.47 Å². The first-order valence-electron chi connectivity index (χ1n) is 5.90. The summed E-state index contributed by atoms with van der Waals surface area (Å²) in [6.45, 7) is 1.89. The van der Waals surface area contributed by atoms with Gasteiger partial charge in [0.25, 0.3) is 0 Å². The number of hydrogen-bond acceptors (Lipinski definition) is 2. The summed E-state index contributed by atoms with van der Waals surface area (Å²) in [5.74, 6) is 0.238. The van der Waals surface area contributed by atoms with Gasteiger partial charge in [-0.25, -0.2) is 0 Å². The van der Waals surface area contributed by atoms with Crippen molar-refractivity contribution in [3.05, 3.63) is 53.6 Å². The summed E-state index contributed by atoms with van der Waals surface area (Å²) in [5.41, 5.74) is 0.139. The molecule has 0 aliphatic carbocycles. The third-order valence-electron chi connectivity index (χ3n) is 2.74. The maximum Gasteiger partial charge on any atom is 0.420 e. The Hall–Kier alpha value is -2.17. The molecule has 0 N–H and O–H groups in total. The largest absolute Gasteiger partial charge is 0.497 e. The van der Waals surface area contributed by atoms with E-state index in [1.807, 2.05) is 6.92 Å². The zero-order chi connectivity index (χ0) is 14.8. The zero-order valence-electron chi connectivity index (χ0n) is 11.0. The van der Waals surface area contributed by atoms with Gasteiger partial charge in [0.2, 0.25) is 0 Å². The number of benzene rings is 2. The van der Waals surface area contributed by atoms with Crippen LogP contribution in [0.1, 0.15) is 11.1 Å². The van der Waals surface area contributed by atoms with Gasteiger partial charge in [0.1, 0.15) is 22.8 Å². The summed E-state index contributed by atoms with van der Waals surface area (Å²) in [5, 5.41) is 0. The van der Waals surface area contributed by atoms with Gasteiger partial charge < -0.3 is 9.47 Å². The molecule has 2 aromatic carbocycles. The van der Waals surface area contributed by atoms with Crippen LogP contribution in [-0.2, 0) is 6.18 Å². The molecule has 106 valence electrons. The first-order chi connectivity index (χ1) is 9.40. The van der Waals surface area contributed by atoms with Gasteiger partial charge in [-0.2, -0.15) is 13.2 Å². The van der Waals surface area contributed by atoms with Gasteiger partial charge in [0, 0.05) is 0 Å². The molecule has 0 saturated carbocycles. The maximum atomic E-state index is 13.0. The quantitative estimate of drug-likeness (QED) is 0.804.